The fourth-order valence-corrected chi connectivity index (χ4v) is 4.02. The Bertz CT molecular complexity index is 794. The van der Waals surface area contributed by atoms with E-state index < -0.39 is 13.9 Å². The molecule has 0 heterocycles. The number of benzene rings is 1. The van der Waals surface area contributed by atoms with Gasteiger partial charge in [-0.15, -0.1) is 0 Å². The SMILES string of the molecule is Cc1cccc(C)c1OCC1(O)C=C(O[Si](C)(C)C(C)(C)C)C=CC1CC#N. The van der Waals surface area contributed by atoms with Crippen LogP contribution in [0.1, 0.15) is 38.3 Å². The molecule has 2 rings (SSSR count). The molecule has 0 bridgehead atoms. The molecule has 5 heteroatoms. The highest BCUT2D eigenvalue weighted by Crippen LogP contribution is 2.40. The quantitative estimate of drug-likeness (QED) is 0.649. The van der Waals surface area contributed by atoms with Gasteiger partial charge in [0.2, 0.25) is 8.32 Å². The fraction of sp³-hybridized carbons (Fsp3) is 0.522. The molecule has 1 aromatic rings. The van der Waals surface area contributed by atoms with Gasteiger partial charge in [0, 0.05) is 12.3 Å². The number of allylic oxidation sites excluding steroid dienone is 1. The molecule has 4 nitrogen and oxygen atoms in total. The van der Waals surface area contributed by atoms with Crippen molar-refractivity contribution in [2.75, 3.05) is 6.61 Å². The summed E-state index contributed by atoms with van der Waals surface area (Å²) in [7, 11) is -2.04. The Kier molecular flexibility index (Phi) is 6.47. The van der Waals surface area contributed by atoms with E-state index in [1.807, 2.05) is 44.2 Å². The van der Waals surface area contributed by atoms with E-state index in [0.29, 0.717) is 5.76 Å². The van der Waals surface area contributed by atoms with Crippen LogP contribution in [-0.4, -0.2) is 25.6 Å². The number of aliphatic hydroxyl groups is 1. The fourth-order valence-electron chi connectivity index (χ4n) is 3.00. The van der Waals surface area contributed by atoms with Gasteiger partial charge in [0.1, 0.15) is 23.7 Å². The number of aryl methyl sites for hydroxylation is 2. The first-order valence-corrected chi connectivity index (χ1v) is 12.7. The van der Waals surface area contributed by atoms with E-state index in [0.717, 1.165) is 16.9 Å². The molecule has 1 aliphatic rings. The first-order valence-electron chi connectivity index (χ1n) is 9.78. The minimum atomic E-state index is -2.04. The molecule has 28 heavy (non-hydrogen) atoms. The molecule has 0 aliphatic heterocycles. The largest absolute Gasteiger partial charge is 0.544 e. The number of nitriles is 1. The summed E-state index contributed by atoms with van der Waals surface area (Å²) in [4.78, 5) is 0. The van der Waals surface area contributed by atoms with Gasteiger partial charge in [-0.2, -0.15) is 5.26 Å². The Morgan fingerprint density at radius 1 is 1.21 bits per heavy atom. The third kappa shape index (κ3) is 4.87. The number of nitrogens with zero attached hydrogens (tertiary/aromatic N) is 1. The minimum absolute atomic E-state index is 0.0536. The highest BCUT2D eigenvalue weighted by atomic mass is 28.4. The van der Waals surface area contributed by atoms with E-state index in [1.165, 1.54) is 0 Å². The topological polar surface area (TPSA) is 62.5 Å². The van der Waals surface area contributed by atoms with E-state index in [-0.39, 0.29) is 24.0 Å². The van der Waals surface area contributed by atoms with Crippen molar-refractivity contribution in [2.45, 2.75) is 64.8 Å². The van der Waals surface area contributed by atoms with Gasteiger partial charge in [0.15, 0.2) is 0 Å². The molecule has 0 amide bonds. The van der Waals surface area contributed by atoms with Gasteiger partial charge in [0.05, 0.1) is 6.07 Å². The Labute approximate surface area is 170 Å². The van der Waals surface area contributed by atoms with Crippen molar-refractivity contribution in [1.29, 1.82) is 5.26 Å². The van der Waals surface area contributed by atoms with E-state index in [4.69, 9.17) is 9.16 Å². The Hall–Kier alpha value is -2.03. The van der Waals surface area contributed by atoms with Crippen molar-refractivity contribution in [3.05, 3.63) is 53.3 Å². The summed E-state index contributed by atoms with van der Waals surface area (Å²) in [5.74, 6) is 1.10. The second kappa shape index (κ2) is 8.14. The second-order valence-electron chi connectivity index (χ2n) is 9.24. The molecule has 0 saturated carbocycles. The molecule has 1 aromatic carbocycles. The molecule has 2 unspecified atom stereocenters. The summed E-state index contributed by atoms with van der Waals surface area (Å²) < 4.78 is 12.4. The first-order chi connectivity index (χ1) is 12.9. The lowest BCUT2D eigenvalue weighted by Crippen LogP contribution is -2.45. The molecule has 0 aromatic heterocycles. The number of hydrogen-bond donors (Lipinski definition) is 1. The van der Waals surface area contributed by atoms with Gasteiger partial charge in [-0.3, -0.25) is 0 Å². The van der Waals surface area contributed by atoms with E-state index in [2.05, 4.69) is 39.9 Å². The molecule has 2 atom stereocenters. The van der Waals surface area contributed by atoms with Crippen LogP contribution in [0.2, 0.25) is 18.1 Å². The summed E-state index contributed by atoms with van der Waals surface area (Å²) >= 11 is 0. The van der Waals surface area contributed by atoms with Crippen LogP contribution in [0.5, 0.6) is 5.75 Å². The van der Waals surface area contributed by atoms with Gasteiger partial charge in [-0.1, -0.05) is 45.0 Å². The Morgan fingerprint density at radius 2 is 1.82 bits per heavy atom. The van der Waals surface area contributed by atoms with Crippen molar-refractivity contribution in [3.63, 3.8) is 0 Å². The van der Waals surface area contributed by atoms with Crippen LogP contribution >= 0.6 is 0 Å². The number of hydrogen-bond acceptors (Lipinski definition) is 4. The molecule has 0 spiro atoms. The van der Waals surface area contributed by atoms with Crippen molar-refractivity contribution in [1.82, 2.24) is 0 Å². The van der Waals surface area contributed by atoms with E-state index >= 15 is 0 Å². The van der Waals surface area contributed by atoms with Crippen molar-refractivity contribution >= 4 is 8.32 Å². The lowest BCUT2D eigenvalue weighted by atomic mass is 9.82. The maximum absolute atomic E-state index is 11.4. The highest BCUT2D eigenvalue weighted by molar-refractivity contribution is 6.74. The molecule has 152 valence electrons. The summed E-state index contributed by atoms with van der Waals surface area (Å²) in [5, 5.41) is 20.7. The van der Waals surface area contributed by atoms with Gasteiger partial charge in [0.25, 0.3) is 0 Å². The molecule has 0 fully saturated rings. The van der Waals surface area contributed by atoms with Crippen LogP contribution in [0.3, 0.4) is 0 Å². The second-order valence-corrected chi connectivity index (χ2v) is 14.0. The minimum Gasteiger partial charge on any atom is -0.544 e. The zero-order valence-electron chi connectivity index (χ0n) is 18.2. The summed E-state index contributed by atoms with van der Waals surface area (Å²) in [6, 6.07) is 8.13. The predicted molar refractivity (Wildman–Crippen MR) is 116 cm³/mol. The molecular weight excluding hydrogens is 366 g/mol. The number of ether oxygens (including phenoxy) is 1. The summed E-state index contributed by atoms with van der Waals surface area (Å²) in [5.41, 5.74) is 0.749. The van der Waals surface area contributed by atoms with Gasteiger partial charge in [-0.25, -0.2) is 0 Å². The average Bonchev–Trinajstić information content (AvgIpc) is 2.56. The summed E-state index contributed by atoms with van der Waals surface area (Å²) in [6.07, 6.45) is 5.71. The molecule has 0 radical (unpaired) electrons. The standard InChI is InChI=1S/C23H33NO3Si/c1-17-9-8-10-18(2)21(17)26-16-23(25)15-20(12-11-19(23)13-14-24)27-28(6,7)22(3,4)5/h8-12,15,19,25H,13,16H2,1-7H3. The lowest BCUT2D eigenvalue weighted by Gasteiger charge is -2.39. The monoisotopic (exact) mass is 399 g/mol. The van der Waals surface area contributed by atoms with E-state index in [9.17, 15) is 10.4 Å². The highest BCUT2D eigenvalue weighted by Gasteiger charge is 2.42. The predicted octanol–water partition coefficient (Wildman–Crippen LogP) is 5.42. The van der Waals surface area contributed by atoms with Crippen LogP contribution in [0.25, 0.3) is 0 Å². The molecule has 1 N–H and O–H groups in total. The average molecular weight is 400 g/mol. The zero-order valence-corrected chi connectivity index (χ0v) is 19.2. The van der Waals surface area contributed by atoms with Crippen molar-refractivity contribution in [2.24, 2.45) is 5.92 Å². The van der Waals surface area contributed by atoms with Crippen molar-refractivity contribution < 1.29 is 14.3 Å². The Balaban J connectivity index is 2.29. The molecule has 0 saturated heterocycles. The summed E-state index contributed by atoms with van der Waals surface area (Å²) in [6.45, 7) is 14.9. The lowest BCUT2D eigenvalue weighted by molar-refractivity contribution is -0.0000640. The van der Waals surface area contributed by atoms with E-state index in [1.54, 1.807) is 6.08 Å². The first kappa shape index (κ1) is 22.3. The van der Waals surface area contributed by atoms with Crippen LogP contribution in [0.4, 0.5) is 0 Å². The smallest absolute Gasteiger partial charge is 0.250 e. The van der Waals surface area contributed by atoms with Gasteiger partial charge < -0.3 is 14.3 Å². The molecule has 1 aliphatic carbocycles. The van der Waals surface area contributed by atoms with Gasteiger partial charge in [-0.05, 0) is 55.3 Å². The molecular formula is C23H33NO3Si. The van der Waals surface area contributed by atoms with Crippen LogP contribution in [0.15, 0.2) is 42.2 Å². The zero-order chi connectivity index (χ0) is 21.2. The van der Waals surface area contributed by atoms with Crippen LogP contribution < -0.4 is 4.74 Å². The maximum atomic E-state index is 11.4. The van der Waals surface area contributed by atoms with Crippen LogP contribution in [-0.2, 0) is 4.43 Å². The normalized spacial score (nSPS) is 22.4. The Morgan fingerprint density at radius 3 is 2.36 bits per heavy atom. The van der Waals surface area contributed by atoms with Crippen LogP contribution in [0, 0.1) is 31.1 Å². The number of rotatable bonds is 6. The number of para-hydroxylation sites is 1. The third-order valence-electron chi connectivity index (χ3n) is 5.87. The third-order valence-corrected chi connectivity index (χ3v) is 10.2. The van der Waals surface area contributed by atoms with Gasteiger partial charge >= 0.3 is 0 Å². The van der Waals surface area contributed by atoms with Crippen molar-refractivity contribution in [3.8, 4) is 11.8 Å². The maximum Gasteiger partial charge on any atom is 0.250 e.